The second kappa shape index (κ2) is 15.0. The van der Waals surface area contributed by atoms with Crippen molar-refractivity contribution in [1.29, 1.82) is 0 Å². The standard InChI is InChI=1S/C30H46N2O10S/c1-17(2)8-10-22-29(5,42-22)26-25(38-6)21(12-13-30(26)16-40-30)41-28(37)32-24(35)15-43-14-19(27(36)39-7)31-23(34)11-9-20(33)18(3)4/h8,18-19,21-22,25-26H,9-16H2,1-7H3,(H,31,34)(H,32,35,37)/t19-,21+,22+,25+,26+,29+,30-/m0/s1. The number of amides is 3. The second-order valence-electron chi connectivity index (χ2n) is 12.1. The van der Waals surface area contributed by atoms with Crippen molar-refractivity contribution in [2.24, 2.45) is 11.8 Å². The average molecular weight is 627 g/mol. The molecule has 3 fully saturated rings. The Morgan fingerprint density at radius 2 is 1.79 bits per heavy atom. The molecule has 13 heteroatoms. The first kappa shape index (κ1) is 35.0. The Kier molecular flexibility index (Phi) is 12.2. The Balaban J connectivity index is 1.49. The summed E-state index contributed by atoms with van der Waals surface area (Å²) in [5, 5.41) is 4.78. The molecule has 0 aromatic rings. The predicted molar refractivity (Wildman–Crippen MR) is 158 cm³/mol. The largest absolute Gasteiger partial charge is 0.467 e. The summed E-state index contributed by atoms with van der Waals surface area (Å²) < 4.78 is 28.4. The summed E-state index contributed by atoms with van der Waals surface area (Å²) in [4.78, 5) is 61.4. The summed E-state index contributed by atoms with van der Waals surface area (Å²) in [5.41, 5.74) is 0.361. The Labute approximate surface area is 257 Å². The van der Waals surface area contributed by atoms with Gasteiger partial charge in [-0.3, -0.25) is 19.7 Å². The number of alkyl carbamates (subject to hydrolysis) is 1. The van der Waals surface area contributed by atoms with Gasteiger partial charge in [0.25, 0.3) is 0 Å². The number of thioether (sulfide) groups is 1. The zero-order valence-corrected chi connectivity index (χ0v) is 27.0. The third kappa shape index (κ3) is 9.26. The molecule has 3 amide bonds. The van der Waals surface area contributed by atoms with E-state index in [1.54, 1.807) is 21.0 Å². The van der Waals surface area contributed by atoms with Gasteiger partial charge in [0.2, 0.25) is 11.8 Å². The number of ketones is 1. The van der Waals surface area contributed by atoms with Crippen LogP contribution in [0, 0.1) is 11.8 Å². The number of carbonyl (C=O) groups excluding carboxylic acids is 5. The van der Waals surface area contributed by atoms with Crippen LogP contribution in [-0.2, 0) is 42.9 Å². The fourth-order valence-corrected chi connectivity index (χ4v) is 6.59. The molecule has 7 atom stereocenters. The molecule has 0 aromatic heterocycles. The quantitative estimate of drug-likeness (QED) is 0.156. The Morgan fingerprint density at radius 1 is 1.09 bits per heavy atom. The van der Waals surface area contributed by atoms with Gasteiger partial charge in [-0.25, -0.2) is 9.59 Å². The third-order valence-electron chi connectivity index (χ3n) is 8.32. The van der Waals surface area contributed by atoms with E-state index >= 15 is 0 Å². The van der Waals surface area contributed by atoms with Crippen molar-refractivity contribution in [3.63, 3.8) is 0 Å². The number of imide groups is 1. The minimum absolute atomic E-state index is 0.0124. The molecule has 0 radical (unpaired) electrons. The molecule has 1 saturated carbocycles. The Bertz CT molecular complexity index is 1090. The van der Waals surface area contributed by atoms with E-state index in [0.29, 0.717) is 19.4 Å². The van der Waals surface area contributed by atoms with Crippen LogP contribution in [0.4, 0.5) is 4.79 Å². The number of ether oxygens (including phenoxy) is 5. The van der Waals surface area contributed by atoms with E-state index in [2.05, 4.69) is 23.6 Å². The number of nitrogens with one attached hydrogen (secondary N) is 2. The van der Waals surface area contributed by atoms with Crippen LogP contribution in [0.5, 0.6) is 0 Å². The van der Waals surface area contributed by atoms with Gasteiger partial charge >= 0.3 is 12.1 Å². The molecule has 2 saturated heterocycles. The molecule has 2 N–H and O–H groups in total. The van der Waals surface area contributed by atoms with Crippen molar-refractivity contribution in [2.45, 2.75) is 102 Å². The maximum atomic E-state index is 12.7. The zero-order valence-electron chi connectivity index (χ0n) is 26.2. The fourth-order valence-electron chi connectivity index (χ4n) is 5.76. The lowest BCUT2D eigenvalue weighted by atomic mass is 9.68. The molecular formula is C30H46N2O10S. The molecule has 2 aliphatic heterocycles. The van der Waals surface area contributed by atoms with Crippen LogP contribution >= 0.6 is 11.8 Å². The molecule has 1 aliphatic carbocycles. The highest BCUT2D eigenvalue weighted by molar-refractivity contribution is 8.00. The van der Waals surface area contributed by atoms with Gasteiger partial charge in [-0.2, -0.15) is 0 Å². The van der Waals surface area contributed by atoms with Crippen LogP contribution < -0.4 is 10.6 Å². The summed E-state index contributed by atoms with van der Waals surface area (Å²) in [6.07, 6.45) is 2.17. The molecular weight excluding hydrogens is 580 g/mol. The van der Waals surface area contributed by atoms with E-state index in [1.807, 2.05) is 13.8 Å². The molecule has 43 heavy (non-hydrogen) atoms. The number of esters is 1. The van der Waals surface area contributed by atoms with Crippen LogP contribution in [0.25, 0.3) is 0 Å². The summed E-state index contributed by atoms with van der Waals surface area (Å²) in [6, 6.07) is -1.01. The number of epoxide rings is 2. The number of methoxy groups -OCH3 is 2. The molecule has 0 bridgehead atoms. The van der Waals surface area contributed by atoms with Crippen molar-refractivity contribution in [2.75, 3.05) is 32.3 Å². The van der Waals surface area contributed by atoms with E-state index in [0.717, 1.165) is 18.2 Å². The lowest BCUT2D eigenvalue weighted by Gasteiger charge is -2.42. The van der Waals surface area contributed by atoms with E-state index < -0.39 is 47.7 Å². The number of allylic oxidation sites excluding steroid dienone is 1. The minimum atomic E-state index is -1.01. The smallest absolute Gasteiger partial charge is 0.414 e. The van der Waals surface area contributed by atoms with Crippen LogP contribution in [0.2, 0.25) is 0 Å². The van der Waals surface area contributed by atoms with Crippen LogP contribution in [0.15, 0.2) is 11.6 Å². The molecule has 1 spiro atoms. The van der Waals surface area contributed by atoms with Crippen molar-refractivity contribution in [3.8, 4) is 0 Å². The second-order valence-corrected chi connectivity index (χ2v) is 13.2. The molecule has 242 valence electrons. The van der Waals surface area contributed by atoms with E-state index in [4.69, 9.17) is 23.7 Å². The van der Waals surface area contributed by atoms with E-state index in [-0.39, 0.29) is 53.7 Å². The maximum absolute atomic E-state index is 12.7. The van der Waals surface area contributed by atoms with Gasteiger partial charge in [-0.15, -0.1) is 11.8 Å². The van der Waals surface area contributed by atoms with Crippen molar-refractivity contribution in [3.05, 3.63) is 11.6 Å². The molecule has 3 aliphatic rings. The number of Topliss-reactive ketones (excluding diaryl/α,β-unsaturated/α-hetero) is 1. The normalized spacial score (nSPS) is 29.8. The van der Waals surface area contributed by atoms with Gasteiger partial charge in [0.1, 0.15) is 35.2 Å². The lowest BCUT2D eigenvalue weighted by molar-refractivity contribution is -0.144. The first-order valence-electron chi connectivity index (χ1n) is 14.7. The number of hydrogen-bond donors (Lipinski definition) is 2. The van der Waals surface area contributed by atoms with Gasteiger partial charge in [0.05, 0.1) is 31.5 Å². The number of hydrogen-bond acceptors (Lipinski definition) is 11. The highest BCUT2D eigenvalue weighted by Gasteiger charge is 2.72. The topological polar surface area (TPSA) is 162 Å². The van der Waals surface area contributed by atoms with Crippen LogP contribution in [-0.4, -0.2) is 97.5 Å². The SMILES string of the molecule is COC(=O)[C@H](CSCC(=O)NC(=O)O[C@@H]1CC[C@]2(CO2)[C@@H]([C@]2(C)O[C@@H]2CC=C(C)C)[C@@H]1OC)NC(=O)CCC(=O)C(C)C. The third-order valence-corrected chi connectivity index (χ3v) is 9.35. The van der Waals surface area contributed by atoms with Gasteiger partial charge in [0, 0.05) is 31.6 Å². The predicted octanol–water partition coefficient (Wildman–Crippen LogP) is 2.71. The van der Waals surface area contributed by atoms with Crippen molar-refractivity contribution >= 4 is 41.4 Å². The van der Waals surface area contributed by atoms with Crippen molar-refractivity contribution in [1.82, 2.24) is 10.6 Å². The Morgan fingerprint density at radius 3 is 2.37 bits per heavy atom. The van der Waals surface area contributed by atoms with Gasteiger partial charge in [-0.1, -0.05) is 25.5 Å². The molecule has 0 unspecified atom stereocenters. The van der Waals surface area contributed by atoms with Gasteiger partial charge in [0.15, 0.2) is 0 Å². The first-order valence-corrected chi connectivity index (χ1v) is 15.9. The van der Waals surface area contributed by atoms with Crippen molar-refractivity contribution < 1.29 is 47.7 Å². The molecule has 3 rings (SSSR count). The first-order chi connectivity index (χ1) is 20.3. The molecule has 2 heterocycles. The highest BCUT2D eigenvalue weighted by atomic mass is 32.2. The number of rotatable bonds is 15. The van der Waals surface area contributed by atoms with E-state index in [1.165, 1.54) is 12.7 Å². The lowest BCUT2D eigenvalue weighted by Crippen LogP contribution is -2.56. The highest BCUT2D eigenvalue weighted by Crippen LogP contribution is 2.59. The summed E-state index contributed by atoms with van der Waals surface area (Å²) >= 11 is 1.04. The summed E-state index contributed by atoms with van der Waals surface area (Å²) in [7, 11) is 2.77. The van der Waals surface area contributed by atoms with E-state index in [9.17, 15) is 24.0 Å². The average Bonchev–Trinajstić information content (AvgIpc) is 3.86. The molecule has 12 nitrogen and oxygen atoms in total. The minimum Gasteiger partial charge on any atom is -0.467 e. The maximum Gasteiger partial charge on any atom is 0.414 e. The summed E-state index contributed by atoms with van der Waals surface area (Å²) in [5.74, 6) is -2.28. The Hall–Kier alpha value is -2.48. The van der Waals surface area contributed by atoms with Gasteiger partial charge in [-0.05, 0) is 40.0 Å². The van der Waals surface area contributed by atoms with Crippen LogP contribution in [0.3, 0.4) is 0 Å². The fraction of sp³-hybridized carbons (Fsp3) is 0.767. The molecule has 0 aromatic carbocycles. The summed E-state index contributed by atoms with van der Waals surface area (Å²) in [6.45, 7) is 10.2. The zero-order chi connectivity index (χ0) is 31.9. The van der Waals surface area contributed by atoms with Crippen LogP contribution in [0.1, 0.15) is 66.7 Å². The monoisotopic (exact) mass is 626 g/mol. The number of carbonyl (C=O) groups is 5. The van der Waals surface area contributed by atoms with Gasteiger partial charge < -0.3 is 29.0 Å².